The van der Waals surface area contributed by atoms with Gasteiger partial charge in [-0.3, -0.25) is 52.8 Å². The fourth-order valence-corrected chi connectivity index (χ4v) is 8.44. The number of carbonyl (C=O) groups excluding carboxylic acids is 10. The Balaban J connectivity index is 1.33. The second kappa shape index (κ2) is 39.6. The van der Waals surface area contributed by atoms with Crippen molar-refractivity contribution < 1.29 is 76.8 Å². The maximum absolute atomic E-state index is 14.2. The summed E-state index contributed by atoms with van der Waals surface area (Å²) in [4.78, 5) is 143. The number of unbranched alkanes of at least 4 members (excludes halogenated alkanes) is 2. The van der Waals surface area contributed by atoms with Gasteiger partial charge < -0.3 is 60.4 Å². The van der Waals surface area contributed by atoms with Crippen LogP contribution in [0.25, 0.3) is 0 Å². The third-order valence-electron chi connectivity index (χ3n) is 14.0. The number of hydrogen-bond acceptors (Lipinski definition) is 16. The van der Waals surface area contributed by atoms with Crippen LogP contribution in [0.1, 0.15) is 128 Å². The van der Waals surface area contributed by atoms with Crippen molar-refractivity contribution in [1.29, 1.82) is 0 Å². The summed E-state index contributed by atoms with van der Waals surface area (Å²) in [5, 5.41) is 26.7. The molecule has 0 aliphatic carbocycles. The molecule has 26 heteroatoms. The Morgan fingerprint density at radius 2 is 1.23 bits per heavy atom. The fourth-order valence-electron chi connectivity index (χ4n) is 8.44. The number of nitrogens with one attached hydrogen (secondary N) is 6. The largest absolute Gasteiger partial charge is 0.480 e. The minimum Gasteiger partial charge on any atom is -0.480 e. The van der Waals surface area contributed by atoms with Gasteiger partial charge in [0.15, 0.2) is 0 Å². The van der Waals surface area contributed by atoms with Crippen LogP contribution in [0.3, 0.4) is 0 Å². The molecule has 7 N–H and O–H groups in total. The highest BCUT2D eigenvalue weighted by Crippen LogP contribution is 2.18. The average Bonchev–Trinajstić information content (AvgIpc) is 3.05. The molecule has 10 amide bonds. The number of aliphatic carboxylic acids is 1. The molecule has 87 heavy (non-hydrogen) atoms. The van der Waals surface area contributed by atoms with Crippen LogP contribution in [0.5, 0.6) is 5.75 Å². The number of nitrogens with zero attached hydrogens (tertiary/aromatic N) is 4. The minimum atomic E-state index is -1.25. The summed E-state index contributed by atoms with van der Waals surface area (Å²) in [6.07, 6.45) is 6.27. The first-order valence-electron chi connectivity index (χ1n) is 29.6. The summed E-state index contributed by atoms with van der Waals surface area (Å²) >= 11 is 0. The number of ether oxygens (including phenoxy) is 4. The summed E-state index contributed by atoms with van der Waals surface area (Å²) in [6.45, 7) is 14.7. The fraction of sp³-hybridized carbons (Fsp3) is 0.574. The van der Waals surface area contributed by atoms with Crippen LogP contribution in [0.2, 0.25) is 0 Å². The minimum absolute atomic E-state index is 0.0359. The zero-order chi connectivity index (χ0) is 64.4. The lowest BCUT2D eigenvalue weighted by Crippen LogP contribution is -2.57. The molecule has 0 saturated carbocycles. The van der Waals surface area contributed by atoms with Crippen LogP contribution in [0, 0.1) is 11.8 Å². The van der Waals surface area contributed by atoms with Crippen molar-refractivity contribution in [3.8, 4) is 5.75 Å². The first-order valence-corrected chi connectivity index (χ1v) is 29.6. The van der Waals surface area contributed by atoms with Crippen LogP contribution in [0.4, 0.5) is 4.79 Å². The van der Waals surface area contributed by atoms with Crippen molar-refractivity contribution in [2.45, 2.75) is 137 Å². The van der Waals surface area contributed by atoms with E-state index < -0.39 is 66.4 Å². The zero-order valence-corrected chi connectivity index (χ0v) is 51.7. The van der Waals surface area contributed by atoms with Gasteiger partial charge in [-0.2, -0.15) is 5.10 Å². The Morgan fingerprint density at radius 3 is 1.82 bits per heavy atom. The van der Waals surface area contributed by atoms with Gasteiger partial charge >= 0.3 is 12.1 Å². The first-order chi connectivity index (χ1) is 41.4. The van der Waals surface area contributed by atoms with Crippen molar-refractivity contribution in [3.05, 3.63) is 77.4 Å². The third-order valence-corrected chi connectivity index (χ3v) is 14.0. The molecule has 3 rings (SSSR count). The van der Waals surface area contributed by atoms with Gasteiger partial charge in [-0.05, 0) is 100 Å². The molecule has 480 valence electrons. The maximum Gasteiger partial charge on any atom is 0.412 e. The highest BCUT2D eigenvalue weighted by atomic mass is 16.6. The number of hydrogen-bond donors (Lipinski definition) is 7. The number of amides is 10. The average molecular weight is 1220 g/mol. The number of imide groups is 1. The Kier molecular flexibility index (Phi) is 33.3. The predicted octanol–water partition coefficient (Wildman–Crippen LogP) is 3.25. The summed E-state index contributed by atoms with van der Waals surface area (Å²) in [7, 11) is 2.80. The molecule has 5 atom stereocenters. The standard InChI is InChI=1S/C61H90N10O16/c1-10-41(4)55(57(78)65-44(7)60(81)82)66-52(74)39-69(8)59(80)49(70(9)58(79)43(6)64-50(72)26-17-40(2)3)38-45-18-24-48(25-19-45)87-61(83)63-30-15-33-85-35-37-86-36-34-84-32-14-29-62-56(77)47-22-20-46(21-23-47)42(5)67-68-51(73)16-12-11-13-31-71-53(75)27-28-54(71)76/h18-25,27-28,40-41,43-44,49,55H,10-17,26,29-39H2,1-9H3,(H,62,77)(H,63,83)(H,64,72)(H,65,78)(H,66,74)(H,68,73)(H,81,82)/b67-42+/t41?,43-,44+,49+,55?/m0/s1. The van der Waals surface area contributed by atoms with E-state index in [2.05, 4.69) is 37.1 Å². The Labute approximate surface area is 509 Å². The lowest BCUT2D eigenvalue weighted by atomic mass is 9.98. The monoisotopic (exact) mass is 1220 g/mol. The van der Waals surface area contributed by atoms with Crippen LogP contribution in [-0.4, -0.2) is 195 Å². The molecule has 0 radical (unpaired) electrons. The van der Waals surface area contributed by atoms with E-state index in [1.54, 1.807) is 57.2 Å². The molecule has 0 bridgehead atoms. The second-order valence-electron chi connectivity index (χ2n) is 21.6. The maximum atomic E-state index is 14.2. The SMILES string of the molecule is CCC(C)C(NC(=O)CN(C)C(=O)[C@@H](Cc1ccc(OC(=O)NCCCOCCOCCOCCCNC(=O)c2ccc(/C(C)=N/NC(=O)CCCCCN3C(=O)C=CC3=O)cc2)cc1)N(C)C(=O)[C@H](C)NC(=O)CCC(C)C)C(=O)N[C@H](C)C(=O)O. The van der Waals surface area contributed by atoms with E-state index in [9.17, 15) is 57.8 Å². The van der Waals surface area contributed by atoms with Gasteiger partial charge in [0, 0.05) is 83.9 Å². The van der Waals surface area contributed by atoms with Crippen LogP contribution >= 0.6 is 0 Å². The topological polar surface area (TPSA) is 339 Å². The Hall–Kier alpha value is -8.10. The first kappa shape index (κ1) is 73.2. The summed E-state index contributed by atoms with van der Waals surface area (Å²) < 4.78 is 22.2. The number of carbonyl (C=O) groups is 11. The summed E-state index contributed by atoms with van der Waals surface area (Å²) in [6, 6.07) is 8.69. The number of rotatable bonds is 41. The van der Waals surface area contributed by atoms with E-state index in [-0.39, 0.29) is 72.9 Å². The highest BCUT2D eigenvalue weighted by Gasteiger charge is 2.34. The van der Waals surface area contributed by atoms with Crippen molar-refractivity contribution in [1.82, 2.24) is 46.7 Å². The molecule has 1 heterocycles. The molecule has 2 aromatic rings. The Morgan fingerprint density at radius 1 is 0.644 bits per heavy atom. The van der Waals surface area contributed by atoms with Crippen LogP contribution < -0.4 is 36.7 Å². The van der Waals surface area contributed by atoms with Gasteiger partial charge in [-0.25, -0.2) is 10.2 Å². The normalized spacial score (nSPS) is 13.9. The van der Waals surface area contributed by atoms with Crippen molar-refractivity contribution in [2.24, 2.45) is 16.9 Å². The molecule has 26 nitrogen and oxygen atoms in total. The van der Waals surface area contributed by atoms with Gasteiger partial charge in [-0.1, -0.05) is 64.8 Å². The van der Waals surface area contributed by atoms with Crippen molar-refractivity contribution in [3.63, 3.8) is 0 Å². The summed E-state index contributed by atoms with van der Waals surface area (Å²) in [5.41, 5.74) is 4.89. The van der Waals surface area contributed by atoms with Gasteiger partial charge in [0.05, 0.1) is 38.7 Å². The highest BCUT2D eigenvalue weighted by molar-refractivity contribution is 6.12. The van der Waals surface area contributed by atoms with E-state index in [1.807, 2.05) is 13.8 Å². The molecule has 1 aliphatic heterocycles. The van der Waals surface area contributed by atoms with E-state index >= 15 is 0 Å². The molecule has 2 aromatic carbocycles. The van der Waals surface area contributed by atoms with E-state index in [4.69, 9.17) is 18.9 Å². The quantitative estimate of drug-likeness (QED) is 0.0217. The lowest BCUT2D eigenvalue weighted by Gasteiger charge is -2.33. The molecule has 0 fully saturated rings. The molecule has 0 aromatic heterocycles. The molecule has 1 aliphatic rings. The third kappa shape index (κ3) is 27.9. The smallest absolute Gasteiger partial charge is 0.412 e. The number of benzene rings is 2. The molecule has 0 spiro atoms. The summed E-state index contributed by atoms with van der Waals surface area (Å²) in [5.74, 6) is -5.17. The van der Waals surface area contributed by atoms with Crippen LogP contribution in [0.15, 0.2) is 65.8 Å². The van der Waals surface area contributed by atoms with Crippen molar-refractivity contribution >= 4 is 70.9 Å². The van der Waals surface area contributed by atoms with Crippen LogP contribution in [-0.2, 0) is 63.8 Å². The predicted molar refractivity (Wildman–Crippen MR) is 322 cm³/mol. The number of carboxylic acids is 1. The molecule has 2 unspecified atom stereocenters. The zero-order valence-electron chi connectivity index (χ0n) is 51.7. The lowest BCUT2D eigenvalue weighted by molar-refractivity contribution is -0.146. The molecule has 0 saturated heterocycles. The molecular weight excluding hydrogens is 1130 g/mol. The number of hydrazone groups is 1. The van der Waals surface area contributed by atoms with Gasteiger partial charge in [0.25, 0.3) is 17.7 Å². The van der Waals surface area contributed by atoms with E-state index in [0.717, 1.165) is 10.5 Å². The second-order valence-corrected chi connectivity index (χ2v) is 21.6. The van der Waals surface area contributed by atoms with Gasteiger partial charge in [-0.15, -0.1) is 0 Å². The van der Waals surface area contributed by atoms with Gasteiger partial charge in [0.2, 0.25) is 35.4 Å². The Bertz CT molecular complexity index is 2650. The molecular formula is C61H90N10O16. The van der Waals surface area contributed by atoms with Crippen molar-refractivity contribution in [2.75, 3.05) is 79.9 Å². The number of likely N-dealkylation sites (N-methyl/N-ethyl adjacent to an activating group) is 2. The van der Waals surface area contributed by atoms with E-state index in [0.29, 0.717) is 115 Å². The van der Waals surface area contributed by atoms with Gasteiger partial charge in [0.1, 0.15) is 29.9 Å². The van der Waals surface area contributed by atoms with E-state index in [1.165, 1.54) is 62.0 Å². The number of carboxylic acid groups (broad SMARTS) is 1.